The molecule has 1 heterocycles. The number of carboxylic acids is 1. The van der Waals surface area contributed by atoms with Crippen molar-refractivity contribution in [2.24, 2.45) is 0 Å². The zero-order chi connectivity index (χ0) is 13.3. The van der Waals surface area contributed by atoms with Crippen LogP contribution >= 0.6 is 11.6 Å². The Bertz CT molecular complexity index is 662. The van der Waals surface area contributed by atoms with Gasteiger partial charge >= 0.3 is 5.97 Å². The summed E-state index contributed by atoms with van der Waals surface area (Å²) in [4.78, 5) is 14.9. The summed E-state index contributed by atoms with van der Waals surface area (Å²) in [6, 6.07) is 5.58. The summed E-state index contributed by atoms with van der Waals surface area (Å²) in [6.07, 6.45) is 2.56. The maximum atomic E-state index is 10.5. The van der Waals surface area contributed by atoms with E-state index in [2.05, 4.69) is 4.98 Å². The number of carbonyl (C=O) groups is 1. The van der Waals surface area contributed by atoms with Gasteiger partial charge in [0, 0.05) is 11.5 Å². The molecule has 1 N–H and O–H groups in total. The van der Waals surface area contributed by atoms with E-state index < -0.39 is 5.97 Å². The average molecular weight is 262 g/mol. The fourth-order valence-corrected chi connectivity index (χ4v) is 2.19. The van der Waals surface area contributed by atoms with Crippen molar-refractivity contribution >= 4 is 34.5 Å². The molecule has 0 bridgehead atoms. The van der Waals surface area contributed by atoms with Gasteiger partial charge in [0.15, 0.2) is 0 Å². The Morgan fingerprint density at radius 3 is 2.72 bits per heavy atom. The number of nitrogens with zero attached hydrogens (tertiary/aromatic N) is 1. The predicted molar refractivity (Wildman–Crippen MR) is 72.9 cm³/mol. The number of halogens is 1. The summed E-state index contributed by atoms with van der Waals surface area (Å²) in [5.41, 5.74) is 3.43. The third-order valence-electron chi connectivity index (χ3n) is 2.73. The van der Waals surface area contributed by atoms with Crippen molar-refractivity contribution in [3.8, 4) is 0 Å². The minimum absolute atomic E-state index is 0.618. The largest absolute Gasteiger partial charge is 0.478 e. The zero-order valence-electron chi connectivity index (χ0n) is 10.1. The van der Waals surface area contributed by atoms with E-state index in [4.69, 9.17) is 16.7 Å². The Morgan fingerprint density at radius 2 is 2.06 bits per heavy atom. The molecule has 0 aliphatic carbocycles. The third kappa shape index (κ3) is 2.36. The second kappa shape index (κ2) is 4.78. The van der Waals surface area contributed by atoms with E-state index in [1.807, 2.05) is 32.0 Å². The lowest BCUT2D eigenvalue weighted by atomic mass is 10.1. The van der Waals surface area contributed by atoms with Crippen molar-refractivity contribution in [1.82, 2.24) is 4.98 Å². The SMILES string of the molecule is Cc1ccc(Cl)c2c(C)cc(/C=C/C(=O)O)nc12. The number of aryl methyl sites for hydroxylation is 2. The number of aliphatic carboxylic acids is 1. The molecule has 92 valence electrons. The normalized spacial score (nSPS) is 11.3. The lowest BCUT2D eigenvalue weighted by molar-refractivity contribution is -0.131. The van der Waals surface area contributed by atoms with Gasteiger partial charge in [-0.05, 0) is 43.2 Å². The standard InChI is InChI=1S/C14H12ClNO2/c1-8-3-5-11(15)13-9(2)7-10(16-14(8)13)4-6-12(17)18/h3-7H,1-2H3,(H,17,18)/b6-4+. The predicted octanol–water partition coefficient (Wildman–Crippen LogP) is 3.60. The number of carboxylic acid groups (broad SMARTS) is 1. The molecule has 2 aromatic rings. The summed E-state index contributed by atoms with van der Waals surface area (Å²) in [5, 5.41) is 10.2. The molecule has 1 aromatic heterocycles. The second-order valence-electron chi connectivity index (χ2n) is 4.12. The third-order valence-corrected chi connectivity index (χ3v) is 3.04. The number of hydrogen-bond acceptors (Lipinski definition) is 2. The van der Waals surface area contributed by atoms with Crippen LogP contribution in [0.1, 0.15) is 16.8 Å². The van der Waals surface area contributed by atoms with Crippen molar-refractivity contribution in [3.05, 3.63) is 46.1 Å². The minimum Gasteiger partial charge on any atom is -0.478 e. The van der Waals surface area contributed by atoms with Gasteiger partial charge in [0.05, 0.1) is 16.2 Å². The fraction of sp³-hybridized carbons (Fsp3) is 0.143. The molecule has 3 nitrogen and oxygen atoms in total. The van der Waals surface area contributed by atoms with Crippen molar-refractivity contribution in [2.75, 3.05) is 0 Å². The Morgan fingerprint density at radius 1 is 1.33 bits per heavy atom. The molecule has 0 aliphatic rings. The molecule has 0 radical (unpaired) electrons. The van der Waals surface area contributed by atoms with Gasteiger partial charge in [-0.25, -0.2) is 9.78 Å². The maximum Gasteiger partial charge on any atom is 0.328 e. The van der Waals surface area contributed by atoms with Crippen molar-refractivity contribution in [1.29, 1.82) is 0 Å². The van der Waals surface area contributed by atoms with Crippen LogP contribution in [0, 0.1) is 13.8 Å². The van der Waals surface area contributed by atoms with Crippen LogP contribution in [0.25, 0.3) is 17.0 Å². The lowest BCUT2D eigenvalue weighted by Gasteiger charge is -2.08. The van der Waals surface area contributed by atoms with E-state index in [1.165, 1.54) is 6.08 Å². The molecule has 2 rings (SSSR count). The Balaban J connectivity index is 2.69. The summed E-state index contributed by atoms with van der Waals surface area (Å²) in [7, 11) is 0. The molecular formula is C14H12ClNO2. The molecule has 0 atom stereocenters. The molecule has 0 saturated heterocycles. The van der Waals surface area contributed by atoms with Crippen LogP contribution in [0.2, 0.25) is 5.02 Å². The van der Waals surface area contributed by atoms with Gasteiger partial charge in [0.1, 0.15) is 0 Å². The van der Waals surface area contributed by atoms with Gasteiger partial charge in [-0.15, -0.1) is 0 Å². The highest BCUT2D eigenvalue weighted by atomic mass is 35.5. The maximum absolute atomic E-state index is 10.5. The first-order valence-corrected chi connectivity index (χ1v) is 5.84. The minimum atomic E-state index is -0.989. The van der Waals surface area contributed by atoms with Gasteiger partial charge in [-0.3, -0.25) is 0 Å². The highest BCUT2D eigenvalue weighted by Gasteiger charge is 2.07. The van der Waals surface area contributed by atoms with E-state index in [0.29, 0.717) is 10.7 Å². The van der Waals surface area contributed by atoms with Crippen LogP contribution in [0.5, 0.6) is 0 Å². The van der Waals surface area contributed by atoms with Gasteiger partial charge in [-0.1, -0.05) is 17.7 Å². The molecular weight excluding hydrogens is 250 g/mol. The van der Waals surface area contributed by atoms with Gasteiger partial charge < -0.3 is 5.11 Å². The van der Waals surface area contributed by atoms with Crippen LogP contribution in [-0.4, -0.2) is 16.1 Å². The topological polar surface area (TPSA) is 50.2 Å². The summed E-state index contributed by atoms with van der Waals surface area (Å²) in [6.45, 7) is 3.89. The molecule has 18 heavy (non-hydrogen) atoms. The highest BCUT2D eigenvalue weighted by molar-refractivity contribution is 6.35. The van der Waals surface area contributed by atoms with Gasteiger partial charge in [0.25, 0.3) is 0 Å². The van der Waals surface area contributed by atoms with Crippen molar-refractivity contribution < 1.29 is 9.90 Å². The van der Waals surface area contributed by atoms with Crippen LogP contribution in [-0.2, 0) is 4.79 Å². The molecule has 0 saturated carbocycles. The number of aromatic nitrogens is 1. The monoisotopic (exact) mass is 261 g/mol. The van der Waals surface area contributed by atoms with Crippen LogP contribution in [0.15, 0.2) is 24.3 Å². The number of rotatable bonds is 2. The van der Waals surface area contributed by atoms with E-state index in [-0.39, 0.29) is 0 Å². The van der Waals surface area contributed by atoms with Crippen LogP contribution < -0.4 is 0 Å². The molecule has 0 amide bonds. The van der Waals surface area contributed by atoms with Crippen LogP contribution in [0.3, 0.4) is 0 Å². The fourth-order valence-electron chi connectivity index (χ4n) is 1.89. The molecule has 4 heteroatoms. The Hall–Kier alpha value is -1.87. The molecule has 1 aromatic carbocycles. The highest BCUT2D eigenvalue weighted by Crippen LogP contribution is 2.28. The smallest absolute Gasteiger partial charge is 0.328 e. The summed E-state index contributed by atoms with van der Waals surface area (Å²) < 4.78 is 0. The van der Waals surface area contributed by atoms with Crippen molar-refractivity contribution in [2.45, 2.75) is 13.8 Å². The number of benzene rings is 1. The van der Waals surface area contributed by atoms with E-state index >= 15 is 0 Å². The summed E-state index contributed by atoms with van der Waals surface area (Å²) >= 11 is 6.16. The summed E-state index contributed by atoms with van der Waals surface area (Å²) in [5.74, 6) is -0.989. The zero-order valence-corrected chi connectivity index (χ0v) is 10.8. The first-order chi connectivity index (χ1) is 8.49. The lowest BCUT2D eigenvalue weighted by Crippen LogP contribution is -1.92. The van der Waals surface area contributed by atoms with Crippen LogP contribution in [0.4, 0.5) is 0 Å². The first-order valence-electron chi connectivity index (χ1n) is 5.46. The molecule has 0 aliphatic heterocycles. The molecule has 0 unspecified atom stereocenters. The van der Waals surface area contributed by atoms with Gasteiger partial charge in [-0.2, -0.15) is 0 Å². The average Bonchev–Trinajstić information content (AvgIpc) is 2.31. The quantitative estimate of drug-likeness (QED) is 0.841. The second-order valence-corrected chi connectivity index (χ2v) is 4.53. The van der Waals surface area contributed by atoms with E-state index in [9.17, 15) is 4.79 Å². The number of fused-ring (bicyclic) bond motifs is 1. The van der Waals surface area contributed by atoms with E-state index in [1.54, 1.807) is 0 Å². The first kappa shape index (κ1) is 12.6. The van der Waals surface area contributed by atoms with E-state index in [0.717, 1.165) is 28.1 Å². The number of hydrogen-bond donors (Lipinski definition) is 1. The Kier molecular flexibility index (Phi) is 3.34. The number of pyridine rings is 1. The Labute approximate surface area is 110 Å². The molecule has 0 spiro atoms. The van der Waals surface area contributed by atoms with Crippen molar-refractivity contribution in [3.63, 3.8) is 0 Å². The molecule has 0 fully saturated rings. The van der Waals surface area contributed by atoms with Gasteiger partial charge in [0.2, 0.25) is 0 Å².